The molecule has 0 bridgehead atoms. The summed E-state index contributed by atoms with van der Waals surface area (Å²) >= 11 is 0. The lowest BCUT2D eigenvalue weighted by molar-refractivity contribution is 0.162. The molecule has 2 unspecified atom stereocenters. The zero-order chi connectivity index (χ0) is 12.4. The van der Waals surface area contributed by atoms with Gasteiger partial charge >= 0.3 is 0 Å². The minimum atomic E-state index is -0.219. The van der Waals surface area contributed by atoms with Gasteiger partial charge in [-0.3, -0.25) is 0 Å². The van der Waals surface area contributed by atoms with Crippen molar-refractivity contribution in [3.63, 3.8) is 0 Å². The summed E-state index contributed by atoms with van der Waals surface area (Å²) in [6.45, 7) is 4.06. The third-order valence-corrected chi connectivity index (χ3v) is 3.53. The van der Waals surface area contributed by atoms with E-state index >= 15 is 0 Å². The first kappa shape index (κ1) is 12.3. The van der Waals surface area contributed by atoms with Crippen molar-refractivity contribution in [2.24, 2.45) is 0 Å². The van der Waals surface area contributed by atoms with Gasteiger partial charge in [0.1, 0.15) is 11.6 Å². The molecule has 1 aliphatic heterocycles. The standard InChI is InChI=1S/C13H19FN2O/c1-9-13(15-6-7-16(9)2)11-8-10(14)4-5-12(11)17-3/h4-5,8-9,13,15H,6-7H2,1-3H3. The lowest BCUT2D eigenvalue weighted by atomic mass is 9.96. The first-order valence-electron chi connectivity index (χ1n) is 5.90. The van der Waals surface area contributed by atoms with Crippen molar-refractivity contribution >= 4 is 0 Å². The Morgan fingerprint density at radius 2 is 2.24 bits per heavy atom. The van der Waals surface area contributed by atoms with E-state index in [1.807, 2.05) is 0 Å². The third-order valence-electron chi connectivity index (χ3n) is 3.53. The van der Waals surface area contributed by atoms with Gasteiger partial charge in [-0.1, -0.05) is 0 Å². The van der Waals surface area contributed by atoms with Gasteiger partial charge in [0.15, 0.2) is 0 Å². The van der Waals surface area contributed by atoms with Gasteiger partial charge in [-0.05, 0) is 32.2 Å². The molecule has 1 N–H and O–H groups in total. The molecule has 1 aromatic rings. The maximum atomic E-state index is 13.4. The van der Waals surface area contributed by atoms with E-state index in [0.29, 0.717) is 6.04 Å². The minimum absolute atomic E-state index is 0.111. The van der Waals surface area contributed by atoms with Gasteiger partial charge in [-0.25, -0.2) is 4.39 Å². The largest absolute Gasteiger partial charge is 0.496 e. The van der Waals surface area contributed by atoms with E-state index < -0.39 is 0 Å². The summed E-state index contributed by atoms with van der Waals surface area (Å²) in [5.74, 6) is 0.522. The van der Waals surface area contributed by atoms with E-state index in [4.69, 9.17) is 4.74 Å². The Balaban J connectivity index is 2.34. The molecule has 1 aliphatic rings. The van der Waals surface area contributed by atoms with E-state index in [2.05, 4.69) is 24.2 Å². The van der Waals surface area contributed by atoms with Crippen molar-refractivity contribution in [1.29, 1.82) is 0 Å². The molecule has 94 valence electrons. The van der Waals surface area contributed by atoms with Crippen molar-refractivity contribution in [2.45, 2.75) is 19.0 Å². The van der Waals surface area contributed by atoms with Crippen LogP contribution in [0.15, 0.2) is 18.2 Å². The van der Waals surface area contributed by atoms with Crippen molar-refractivity contribution in [3.8, 4) is 5.75 Å². The molecule has 1 aromatic carbocycles. The SMILES string of the molecule is COc1ccc(F)cc1C1NCCN(C)C1C. The Morgan fingerprint density at radius 3 is 2.94 bits per heavy atom. The zero-order valence-corrected chi connectivity index (χ0v) is 10.5. The Kier molecular flexibility index (Phi) is 3.64. The lowest BCUT2D eigenvalue weighted by Gasteiger charge is -2.38. The Labute approximate surface area is 102 Å². The summed E-state index contributed by atoms with van der Waals surface area (Å²) in [5.41, 5.74) is 0.895. The van der Waals surface area contributed by atoms with Gasteiger partial charge in [-0.2, -0.15) is 0 Å². The van der Waals surface area contributed by atoms with Gasteiger partial charge in [0.05, 0.1) is 13.2 Å². The number of rotatable bonds is 2. The van der Waals surface area contributed by atoms with Gasteiger partial charge < -0.3 is 15.0 Å². The fourth-order valence-corrected chi connectivity index (χ4v) is 2.34. The Morgan fingerprint density at radius 1 is 1.47 bits per heavy atom. The van der Waals surface area contributed by atoms with Crippen molar-refractivity contribution < 1.29 is 9.13 Å². The number of nitrogens with zero attached hydrogens (tertiary/aromatic N) is 1. The van der Waals surface area contributed by atoms with Crippen LogP contribution in [0, 0.1) is 5.82 Å². The summed E-state index contributed by atoms with van der Waals surface area (Å²) in [4.78, 5) is 2.27. The number of ether oxygens (including phenoxy) is 1. The normalized spacial score (nSPS) is 25.9. The molecule has 2 rings (SSSR count). The molecule has 0 amide bonds. The quantitative estimate of drug-likeness (QED) is 0.850. The summed E-state index contributed by atoms with van der Waals surface area (Å²) < 4.78 is 18.7. The average Bonchev–Trinajstić information content (AvgIpc) is 2.33. The maximum Gasteiger partial charge on any atom is 0.123 e. The van der Waals surface area contributed by atoms with Crippen LogP contribution in [0.25, 0.3) is 0 Å². The average molecular weight is 238 g/mol. The molecule has 4 heteroatoms. The molecule has 1 heterocycles. The van der Waals surface area contributed by atoms with Crippen LogP contribution in [0.3, 0.4) is 0 Å². The second-order valence-electron chi connectivity index (χ2n) is 4.54. The maximum absolute atomic E-state index is 13.4. The van der Waals surface area contributed by atoms with Crippen LogP contribution in [0.5, 0.6) is 5.75 Å². The molecule has 1 fully saturated rings. The van der Waals surface area contributed by atoms with Gasteiger partial charge in [-0.15, -0.1) is 0 Å². The Hall–Kier alpha value is -1.13. The number of piperazine rings is 1. The highest BCUT2D eigenvalue weighted by molar-refractivity contribution is 5.37. The zero-order valence-electron chi connectivity index (χ0n) is 10.5. The lowest BCUT2D eigenvalue weighted by Crippen LogP contribution is -2.49. The van der Waals surface area contributed by atoms with Crippen LogP contribution in [0.2, 0.25) is 0 Å². The number of benzene rings is 1. The fraction of sp³-hybridized carbons (Fsp3) is 0.538. The summed E-state index contributed by atoms with van der Waals surface area (Å²) in [7, 11) is 3.71. The molecular weight excluding hydrogens is 219 g/mol. The monoisotopic (exact) mass is 238 g/mol. The summed E-state index contributed by atoms with van der Waals surface area (Å²) in [6.07, 6.45) is 0. The van der Waals surface area contributed by atoms with Crippen molar-refractivity contribution in [1.82, 2.24) is 10.2 Å². The topological polar surface area (TPSA) is 24.5 Å². The Bertz CT molecular complexity index is 397. The highest BCUT2D eigenvalue weighted by Crippen LogP contribution is 2.30. The predicted molar refractivity (Wildman–Crippen MR) is 65.8 cm³/mol. The van der Waals surface area contributed by atoms with Crippen molar-refractivity contribution in [3.05, 3.63) is 29.6 Å². The fourth-order valence-electron chi connectivity index (χ4n) is 2.34. The van der Waals surface area contributed by atoms with E-state index in [1.54, 1.807) is 19.2 Å². The van der Waals surface area contributed by atoms with Crippen LogP contribution < -0.4 is 10.1 Å². The molecule has 0 aromatic heterocycles. The molecule has 1 saturated heterocycles. The molecule has 0 spiro atoms. The number of hydrogen-bond acceptors (Lipinski definition) is 3. The molecule has 0 saturated carbocycles. The molecular formula is C13H19FN2O. The van der Waals surface area contributed by atoms with Gasteiger partial charge in [0.2, 0.25) is 0 Å². The van der Waals surface area contributed by atoms with Gasteiger partial charge in [0, 0.05) is 24.7 Å². The van der Waals surface area contributed by atoms with Crippen LogP contribution in [-0.4, -0.2) is 38.2 Å². The van der Waals surface area contributed by atoms with E-state index in [-0.39, 0.29) is 11.9 Å². The van der Waals surface area contributed by atoms with Crippen LogP contribution >= 0.6 is 0 Å². The molecule has 3 nitrogen and oxygen atoms in total. The number of hydrogen-bond donors (Lipinski definition) is 1. The smallest absolute Gasteiger partial charge is 0.123 e. The second-order valence-corrected chi connectivity index (χ2v) is 4.54. The minimum Gasteiger partial charge on any atom is -0.496 e. The van der Waals surface area contributed by atoms with Gasteiger partial charge in [0.25, 0.3) is 0 Å². The number of methoxy groups -OCH3 is 1. The van der Waals surface area contributed by atoms with Crippen molar-refractivity contribution in [2.75, 3.05) is 27.2 Å². The molecule has 2 atom stereocenters. The highest BCUT2D eigenvalue weighted by atomic mass is 19.1. The number of halogens is 1. The van der Waals surface area contributed by atoms with Crippen LogP contribution in [0.4, 0.5) is 4.39 Å². The summed E-state index contributed by atoms with van der Waals surface area (Å²) in [5, 5.41) is 3.43. The highest BCUT2D eigenvalue weighted by Gasteiger charge is 2.28. The van der Waals surface area contributed by atoms with E-state index in [9.17, 15) is 4.39 Å². The first-order chi connectivity index (χ1) is 8.13. The molecule has 0 radical (unpaired) electrons. The third kappa shape index (κ3) is 2.42. The summed E-state index contributed by atoms with van der Waals surface area (Å²) in [6, 6.07) is 5.11. The predicted octanol–water partition coefficient (Wildman–Crippen LogP) is 1.80. The van der Waals surface area contributed by atoms with Crippen LogP contribution in [0.1, 0.15) is 18.5 Å². The molecule has 17 heavy (non-hydrogen) atoms. The number of nitrogens with one attached hydrogen (secondary N) is 1. The van der Waals surface area contributed by atoms with Crippen LogP contribution in [-0.2, 0) is 0 Å². The van der Waals surface area contributed by atoms with E-state index in [0.717, 1.165) is 24.4 Å². The second kappa shape index (κ2) is 5.02. The molecule has 0 aliphatic carbocycles. The van der Waals surface area contributed by atoms with E-state index in [1.165, 1.54) is 6.07 Å². The number of likely N-dealkylation sites (N-methyl/N-ethyl adjacent to an activating group) is 1. The first-order valence-corrected chi connectivity index (χ1v) is 5.90.